The van der Waals surface area contributed by atoms with Gasteiger partial charge in [0.25, 0.3) is 5.91 Å². The minimum Gasteiger partial charge on any atom is -0.346 e. The van der Waals surface area contributed by atoms with Gasteiger partial charge in [0.15, 0.2) is 0 Å². The number of fused-ring (bicyclic) bond motifs is 1. The van der Waals surface area contributed by atoms with Crippen molar-refractivity contribution in [2.24, 2.45) is 0 Å². The molecule has 1 amide bonds. The predicted molar refractivity (Wildman–Crippen MR) is 81.1 cm³/mol. The number of aromatic nitrogens is 1. The van der Waals surface area contributed by atoms with Crippen LogP contribution in [0.25, 0.3) is 0 Å². The molecule has 3 nitrogen and oxygen atoms in total. The fourth-order valence-electron chi connectivity index (χ4n) is 2.62. The highest BCUT2D eigenvalue weighted by molar-refractivity contribution is 7.09. The molecule has 1 aromatic heterocycles. The van der Waals surface area contributed by atoms with Crippen LogP contribution in [0.4, 0.5) is 0 Å². The summed E-state index contributed by atoms with van der Waals surface area (Å²) in [5, 5.41) is 5.90. The molecule has 0 unspecified atom stereocenters. The highest BCUT2D eigenvalue weighted by Gasteiger charge is 2.13. The van der Waals surface area contributed by atoms with Gasteiger partial charge in [0.2, 0.25) is 0 Å². The average Bonchev–Trinajstić information content (AvgIpc) is 2.90. The number of nitrogens with zero attached hydrogens (tertiary/aromatic N) is 1. The highest BCUT2D eigenvalue weighted by Crippen LogP contribution is 2.22. The van der Waals surface area contributed by atoms with Gasteiger partial charge in [-0.25, -0.2) is 4.98 Å². The zero-order valence-electron chi connectivity index (χ0n) is 11.6. The average molecular weight is 286 g/mol. The number of rotatable bonds is 3. The third-order valence-electron chi connectivity index (χ3n) is 3.68. The molecule has 0 atom stereocenters. The molecule has 0 radical (unpaired) electrons. The summed E-state index contributed by atoms with van der Waals surface area (Å²) in [7, 11) is 0. The summed E-state index contributed by atoms with van der Waals surface area (Å²) in [6, 6.07) is 6.10. The lowest BCUT2D eigenvalue weighted by atomic mass is 9.90. The van der Waals surface area contributed by atoms with E-state index in [2.05, 4.69) is 22.4 Å². The van der Waals surface area contributed by atoms with Crippen molar-refractivity contribution in [3.05, 3.63) is 51.0 Å². The maximum Gasteiger partial charge on any atom is 0.251 e. The summed E-state index contributed by atoms with van der Waals surface area (Å²) in [5.74, 6) is -0.00812. The Kier molecular flexibility index (Phi) is 3.83. The smallest absolute Gasteiger partial charge is 0.251 e. The lowest BCUT2D eigenvalue weighted by molar-refractivity contribution is 0.0950. The number of benzene rings is 1. The molecule has 0 saturated carbocycles. The second-order valence-corrected chi connectivity index (χ2v) is 6.20. The number of amides is 1. The summed E-state index contributed by atoms with van der Waals surface area (Å²) in [4.78, 5) is 16.5. The normalized spacial score (nSPS) is 13.8. The Balaban J connectivity index is 1.67. The van der Waals surface area contributed by atoms with E-state index in [1.807, 2.05) is 18.4 Å². The van der Waals surface area contributed by atoms with Crippen molar-refractivity contribution < 1.29 is 4.79 Å². The fourth-order valence-corrected chi connectivity index (χ4v) is 3.33. The molecule has 0 spiro atoms. The Hall–Kier alpha value is -1.68. The number of carbonyl (C=O) groups is 1. The number of hydrogen-bond donors (Lipinski definition) is 1. The molecule has 0 saturated heterocycles. The van der Waals surface area contributed by atoms with Gasteiger partial charge in [-0.1, -0.05) is 6.07 Å². The molecule has 1 aliphatic rings. The Bertz CT molecular complexity index is 633. The fraction of sp³-hybridized carbons (Fsp3) is 0.375. The lowest BCUT2D eigenvalue weighted by Gasteiger charge is -2.16. The second-order valence-electron chi connectivity index (χ2n) is 5.26. The third kappa shape index (κ3) is 2.90. The van der Waals surface area contributed by atoms with Crippen molar-refractivity contribution in [1.82, 2.24) is 10.3 Å². The highest BCUT2D eigenvalue weighted by atomic mass is 32.1. The van der Waals surface area contributed by atoms with Crippen LogP contribution in [0, 0.1) is 6.92 Å². The van der Waals surface area contributed by atoms with E-state index in [4.69, 9.17) is 0 Å². The van der Waals surface area contributed by atoms with Gasteiger partial charge in [0.05, 0.1) is 6.54 Å². The molecule has 1 N–H and O–H groups in total. The summed E-state index contributed by atoms with van der Waals surface area (Å²) < 4.78 is 0. The van der Waals surface area contributed by atoms with Crippen LogP contribution in [0.1, 0.15) is 45.0 Å². The summed E-state index contributed by atoms with van der Waals surface area (Å²) in [6.07, 6.45) is 4.75. The van der Waals surface area contributed by atoms with Crippen LogP contribution in [0.5, 0.6) is 0 Å². The summed E-state index contributed by atoms with van der Waals surface area (Å²) in [6.45, 7) is 2.47. The lowest BCUT2D eigenvalue weighted by Crippen LogP contribution is -2.23. The van der Waals surface area contributed by atoms with Crippen molar-refractivity contribution in [2.75, 3.05) is 0 Å². The first-order chi connectivity index (χ1) is 9.72. The zero-order valence-corrected chi connectivity index (χ0v) is 12.4. The van der Waals surface area contributed by atoms with Crippen molar-refractivity contribution in [2.45, 2.75) is 39.2 Å². The van der Waals surface area contributed by atoms with Gasteiger partial charge in [0.1, 0.15) is 5.01 Å². The molecule has 1 aromatic carbocycles. The molecule has 0 aliphatic heterocycles. The number of aryl methyl sites for hydroxylation is 3. The molecule has 0 fully saturated rings. The topological polar surface area (TPSA) is 42.0 Å². The molecule has 20 heavy (non-hydrogen) atoms. The SMILES string of the molecule is Cc1csc(CNC(=O)c2ccc3c(c2)CCCC3)n1. The van der Waals surface area contributed by atoms with Crippen LogP contribution in [-0.4, -0.2) is 10.9 Å². The second kappa shape index (κ2) is 5.75. The molecule has 2 aromatic rings. The van der Waals surface area contributed by atoms with E-state index in [-0.39, 0.29) is 5.91 Å². The molecule has 0 bridgehead atoms. The Morgan fingerprint density at radius 2 is 2.10 bits per heavy atom. The monoisotopic (exact) mass is 286 g/mol. The standard InChI is InChI=1S/C16H18N2OS/c1-11-10-20-15(18-11)9-17-16(19)14-7-6-12-4-2-3-5-13(12)8-14/h6-8,10H,2-5,9H2,1H3,(H,17,19). The van der Waals surface area contributed by atoms with Crippen molar-refractivity contribution in [3.63, 3.8) is 0 Å². The Morgan fingerprint density at radius 3 is 2.85 bits per heavy atom. The zero-order chi connectivity index (χ0) is 13.9. The van der Waals surface area contributed by atoms with Gasteiger partial charge in [0, 0.05) is 16.6 Å². The molecule has 104 valence electrons. The minimum absolute atomic E-state index is 0.00812. The molecule has 1 heterocycles. The van der Waals surface area contributed by atoms with E-state index >= 15 is 0 Å². The quantitative estimate of drug-likeness (QED) is 0.941. The van der Waals surface area contributed by atoms with Gasteiger partial charge in [-0.3, -0.25) is 4.79 Å². The molecule has 4 heteroatoms. The minimum atomic E-state index is -0.00812. The van der Waals surface area contributed by atoms with Gasteiger partial charge in [-0.2, -0.15) is 0 Å². The van der Waals surface area contributed by atoms with E-state index in [0.717, 1.165) is 29.1 Å². The summed E-state index contributed by atoms with van der Waals surface area (Å²) >= 11 is 1.58. The largest absolute Gasteiger partial charge is 0.346 e. The van der Waals surface area contributed by atoms with E-state index in [1.54, 1.807) is 11.3 Å². The number of hydrogen-bond acceptors (Lipinski definition) is 3. The van der Waals surface area contributed by atoms with Crippen LogP contribution < -0.4 is 5.32 Å². The molecule has 1 aliphatic carbocycles. The maximum absolute atomic E-state index is 12.2. The maximum atomic E-state index is 12.2. The van der Waals surface area contributed by atoms with Crippen LogP contribution in [0.2, 0.25) is 0 Å². The third-order valence-corrected chi connectivity index (χ3v) is 4.64. The van der Waals surface area contributed by atoms with Crippen LogP contribution in [-0.2, 0) is 19.4 Å². The van der Waals surface area contributed by atoms with Gasteiger partial charge >= 0.3 is 0 Å². The molecular formula is C16H18N2OS. The summed E-state index contributed by atoms with van der Waals surface area (Å²) in [5.41, 5.74) is 4.52. The number of nitrogens with one attached hydrogen (secondary N) is 1. The van der Waals surface area contributed by atoms with E-state index in [0.29, 0.717) is 6.54 Å². The van der Waals surface area contributed by atoms with Gasteiger partial charge in [-0.05, 0) is 55.9 Å². The number of carbonyl (C=O) groups excluding carboxylic acids is 1. The predicted octanol–water partition coefficient (Wildman–Crippen LogP) is 3.26. The van der Waals surface area contributed by atoms with Crippen molar-refractivity contribution in [1.29, 1.82) is 0 Å². The Morgan fingerprint density at radius 1 is 1.30 bits per heavy atom. The molecule has 3 rings (SSSR count). The van der Waals surface area contributed by atoms with Gasteiger partial charge in [-0.15, -0.1) is 11.3 Å². The first-order valence-corrected chi connectivity index (χ1v) is 7.91. The van der Waals surface area contributed by atoms with E-state index in [9.17, 15) is 4.79 Å². The van der Waals surface area contributed by atoms with Crippen molar-refractivity contribution >= 4 is 17.2 Å². The first kappa shape index (κ1) is 13.3. The van der Waals surface area contributed by atoms with E-state index < -0.39 is 0 Å². The number of thiazole rings is 1. The molecular weight excluding hydrogens is 268 g/mol. The van der Waals surface area contributed by atoms with Crippen LogP contribution >= 0.6 is 11.3 Å². The van der Waals surface area contributed by atoms with Crippen LogP contribution in [0.3, 0.4) is 0 Å². The van der Waals surface area contributed by atoms with E-state index in [1.165, 1.54) is 24.0 Å². The van der Waals surface area contributed by atoms with Crippen LogP contribution in [0.15, 0.2) is 23.6 Å². The first-order valence-electron chi connectivity index (χ1n) is 7.03. The van der Waals surface area contributed by atoms with Crippen molar-refractivity contribution in [3.8, 4) is 0 Å². The Labute approximate surface area is 123 Å². The van der Waals surface area contributed by atoms with Gasteiger partial charge < -0.3 is 5.32 Å².